The van der Waals surface area contributed by atoms with Crippen LogP contribution < -0.4 is 5.48 Å². The summed E-state index contributed by atoms with van der Waals surface area (Å²) in [7, 11) is 1.66. The highest BCUT2D eigenvalue weighted by Crippen LogP contribution is 2.17. The number of nitrogens with one attached hydrogen (secondary N) is 1. The third-order valence-electron chi connectivity index (χ3n) is 2.68. The summed E-state index contributed by atoms with van der Waals surface area (Å²) in [4.78, 5) is 9.78. The first-order valence-corrected chi connectivity index (χ1v) is 6.00. The van der Waals surface area contributed by atoms with Crippen LogP contribution in [0, 0.1) is 6.92 Å². The standard InChI is InChI=1S/C14H18N2O2/c1-11-9-12(10-15-18-8-7-17-2)13-5-3-4-6-14(13)16-11/h3-6,9,15H,7-8,10H2,1-2H3. The minimum atomic E-state index is 0.540. The molecule has 0 saturated carbocycles. The van der Waals surface area contributed by atoms with Gasteiger partial charge in [-0.05, 0) is 24.6 Å². The monoisotopic (exact) mass is 246 g/mol. The highest BCUT2D eigenvalue weighted by molar-refractivity contribution is 5.82. The van der Waals surface area contributed by atoms with E-state index in [1.54, 1.807) is 7.11 Å². The van der Waals surface area contributed by atoms with Crippen molar-refractivity contribution in [1.82, 2.24) is 10.5 Å². The van der Waals surface area contributed by atoms with E-state index in [1.807, 2.05) is 25.1 Å². The second-order valence-electron chi connectivity index (χ2n) is 4.10. The summed E-state index contributed by atoms with van der Waals surface area (Å²) >= 11 is 0. The lowest BCUT2D eigenvalue weighted by Crippen LogP contribution is -2.17. The molecule has 0 saturated heterocycles. The highest BCUT2D eigenvalue weighted by atomic mass is 16.7. The summed E-state index contributed by atoms with van der Waals surface area (Å²) in [6.07, 6.45) is 0. The van der Waals surface area contributed by atoms with E-state index in [0.29, 0.717) is 19.8 Å². The summed E-state index contributed by atoms with van der Waals surface area (Å²) in [5, 5.41) is 1.16. The van der Waals surface area contributed by atoms with Crippen LogP contribution in [0.1, 0.15) is 11.3 Å². The molecule has 0 unspecified atom stereocenters. The maximum absolute atomic E-state index is 5.27. The molecule has 4 nitrogen and oxygen atoms in total. The largest absolute Gasteiger partial charge is 0.382 e. The summed E-state index contributed by atoms with van der Waals surface area (Å²) in [6, 6.07) is 10.2. The fraction of sp³-hybridized carbons (Fsp3) is 0.357. The van der Waals surface area contributed by atoms with Crippen molar-refractivity contribution in [1.29, 1.82) is 0 Å². The van der Waals surface area contributed by atoms with Crippen LogP contribution in [0.5, 0.6) is 0 Å². The molecule has 0 aliphatic carbocycles. The smallest absolute Gasteiger partial charge is 0.0916 e. The molecule has 0 atom stereocenters. The van der Waals surface area contributed by atoms with Gasteiger partial charge in [-0.2, -0.15) is 5.48 Å². The second-order valence-corrected chi connectivity index (χ2v) is 4.10. The number of hydrogen-bond donors (Lipinski definition) is 1. The Labute approximate surface area is 107 Å². The number of methoxy groups -OCH3 is 1. The average molecular weight is 246 g/mol. The van der Waals surface area contributed by atoms with Crippen LogP contribution in [0.2, 0.25) is 0 Å². The zero-order valence-corrected chi connectivity index (χ0v) is 10.8. The van der Waals surface area contributed by atoms with Crippen molar-refractivity contribution in [3.63, 3.8) is 0 Å². The Morgan fingerprint density at radius 1 is 1.22 bits per heavy atom. The van der Waals surface area contributed by atoms with Crippen LogP contribution in [-0.4, -0.2) is 25.3 Å². The van der Waals surface area contributed by atoms with Gasteiger partial charge in [0, 0.05) is 24.7 Å². The molecule has 2 aromatic rings. The van der Waals surface area contributed by atoms with Gasteiger partial charge in [0.25, 0.3) is 0 Å². The van der Waals surface area contributed by atoms with E-state index in [4.69, 9.17) is 9.57 Å². The molecule has 0 bridgehead atoms. The lowest BCUT2D eigenvalue weighted by atomic mass is 10.1. The molecule has 0 radical (unpaired) electrons. The number of hydrogen-bond acceptors (Lipinski definition) is 4. The fourth-order valence-corrected chi connectivity index (χ4v) is 1.87. The van der Waals surface area contributed by atoms with Crippen molar-refractivity contribution in [3.05, 3.63) is 41.6 Å². The molecule has 96 valence electrons. The van der Waals surface area contributed by atoms with Crippen molar-refractivity contribution < 1.29 is 9.57 Å². The Bertz CT molecular complexity index is 514. The van der Waals surface area contributed by atoms with Crippen LogP contribution in [-0.2, 0) is 16.1 Å². The SMILES string of the molecule is COCCONCc1cc(C)nc2ccccc12. The molecule has 0 fully saturated rings. The van der Waals surface area contributed by atoms with E-state index in [1.165, 1.54) is 5.56 Å². The Morgan fingerprint density at radius 3 is 2.89 bits per heavy atom. The maximum atomic E-state index is 5.27. The first kappa shape index (κ1) is 13.0. The van der Waals surface area contributed by atoms with E-state index in [0.717, 1.165) is 16.6 Å². The predicted octanol–water partition coefficient (Wildman–Crippen LogP) is 2.21. The maximum Gasteiger partial charge on any atom is 0.0916 e. The normalized spacial score (nSPS) is 11.0. The number of hydroxylamine groups is 1. The number of para-hydroxylation sites is 1. The molecule has 0 amide bonds. The number of fused-ring (bicyclic) bond motifs is 1. The van der Waals surface area contributed by atoms with Crippen LogP contribution in [0.4, 0.5) is 0 Å². The van der Waals surface area contributed by atoms with Gasteiger partial charge in [0.2, 0.25) is 0 Å². The number of pyridine rings is 1. The van der Waals surface area contributed by atoms with Gasteiger partial charge in [-0.1, -0.05) is 18.2 Å². The van der Waals surface area contributed by atoms with Gasteiger partial charge in [0.1, 0.15) is 0 Å². The number of benzene rings is 1. The van der Waals surface area contributed by atoms with Crippen molar-refractivity contribution in [2.24, 2.45) is 0 Å². The van der Waals surface area contributed by atoms with E-state index < -0.39 is 0 Å². The fourth-order valence-electron chi connectivity index (χ4n) is 1.87. The molecular formula is C14H18N2O2. The molecule has 1 heterocycles. The second kappa shape index (κ2) is 6.44. The molecule has 2 rings (SSSR count). The zero-order valence-electron chi connectivity index (χ0n) is 10.8. The van der Waals surface area contributed by atoms with Crippen LogP contribution >= 0.6 is 0 Å². The summed E-state index contributed by atoms with van der Waals surface area (Å²) in [6.45, 7) is 3.79. The van der Waals surface area contributed by atoms with E-state index in [-0.39, 0.29) is 0 Å². The topological polar surface area (TPSA) is 43.4 Å². The number of nitrogens with zero attached hydrogens (tertiary/aromatic N) is 1. The van der Waals surface area contributed by atoms with Gasteiger partial charge < -0.3 is 4.74 Å². The van der Waals surface area contributed by atoms with Crippen LogP contribution in [0.25, 0.3) is 10.9 Å². The number of ether oxygens (including phenoxy) is 1. The van der Waals surface area contributed by atoms with E-state index in [9.17, 15) is 0 Å². The number of aromatic nitrogens is 1. The van der Waals surface area contributed by atoms with Crippen molar-refractivity contribution in [3.8, 4) is 0 Å². The summed E-state index contributed by atoms with van der Waals surface area (Å²) < 4.78 is 4.91. The molecule has 4 heteroatoms. The summed E-state index contributed by atoms with van der Waals surface area (Å²) in [5.74, 6) is 0. The Morgan fingerprint density at radius 2 is 2.06 bits per heavy atom. The lowest BCUT2D eigenvalue weighted by Gasteiger charge is -2.09. The third-order valence-corrected chi connectivity index (χ3v) is 2.68. The van der Waals surface area contributed by atoms with Gasteiger partial charge in [-0.3, -0.25) is 9.82 Å². The minimum absolute atomic E-state index is 0.540. The lowest BCUT2D eigenvalue weighted by molar-refractivity contribution is 0.00362. The number of rotatable bonds is 6. The average Bonchev–Trinajstić information content (AvgIpc) is 2.38. The third kappa shape index (κ3) is 3.26. The molecular weight excluding hydrogens is 228 g/mol. The van der Waals surface area contributed by atoms with E-state index in [2.05, 4.69) is 22.6 Å². The van der Waals surface area contributed by atoms with Gasteiger partial charge in [0.05, 0.1) is 18.7 Å². The minimum Gasteiger partial charge on any atom is -0.382 e. The first-order valence-electron chi connectivity index (χ1n) is 6.00. The zero-order chi connectivity index (χ0) is 12.8. The molecule has 1 aromatic heterocycles. The van der Waals surface area contributed by atoms with Crippen molar-refractivity contribution >= 4 is 10.9 Å². The summed E-state index contributed by atoms with van der Waals surface area (Å²) in [5.41, 5.74) is 6.17. The highest BCUT2D eigenvalue weighted by Gasteiger charge is 2.03. The number of aryl methyl sites for hydroxylation is 1. The molecule has 1 aromatic carbocycles. The van der Waals surface area contributed by atoms with Gasteiger partial charge in [-0.15, -0.1) is 0 Å². The Hall–Kier alpha value is -1.49. The van der Waals surface area contributed by atoms with Gasteiger partial charge in [0.15, 0.2) is 0 Å². The molecule has 18 heavy (non-hydrogen) atoms. The predicted molar refractivity (Wildman–Crippen MR) is 71.1 cm³/mol. The molecule has 1 N–H and O–H groups in total. The van der Waals surface area contributed by atoms with Crippen LogP contribution in [0.3, 0.4) is 0 Å². The quantitative estimate of drug-likeness (QED) is 0.627. The van der Waals surface area contributed by atoms with E-state index >= 15 is 0 Å². The van der Waals surface area contributed by atoms with Gasteiger partial charge >= 0.3 is 0 Å². The van der Waals surface area contributed by atoms with Crippen LogP contribution in [0.15, 0.2) is 30.3 Å². The first-order chi connectivity index (χ1) is 8.81. The van der Waals surface area contributed by atoms with Gasteiger partial charge in [-0.25, -0.2) is 0 Å². The molecule has 0 aliphatic rings. The van der Waals surface area contributed by atoms with Crippen molar-refractivity contribution in [2.75, 3.05) is 20.3 Å². The molecule has 0 spiro atoms. The Balaban J connectivity index is 2.07. The molecule has 0 aliphatic heterocycles. The Kier molecular flexibility index (Phi) is 4.64. The van der Waals surface area contributed by atoms with Crippen molar-refractivity contribution in [2.45, 2.75) is 13.5 Å².